The SMILES string of the molecule is COCCN(Cc1c(C)nn(-c2ccccc2)c1Oc1ccccc1Cl)C[C@H](O)COCC(C)C. The van der Waals surface area contributed by atoms with Crippen molar-refractivity contribution in [1.29, 1.82) is 0 Å². The van der Waals surface area contributed by atoms with Crippen molar-refractivity contribution in [2.45, 2.75) is 33.4 Å². The van der Waals surface area contributed by atoms with E-state index in [1.165, 1.54) is 0 Å². The number of hydrogen-bond acceptors (Lipinski definition) is 6. The van der Waals surface area contributed by atoms with E-state index in [0.29, 0.717) is 55.4 Å². The molecule has 0 amide bonds. The maximum Gasteiger partial charge on any atom is 0.227 e. The topological polar surface area (TPSA) is 69.0 Å². The molecule has 0 bridgehead atoms. The van der Waals surface area contributed by atoms with Crippen LogP contribution in [-0.4, -0.2) is 65.9 Å². The normalized spacial score (nSPS) is 12.5. The second-order valence-corrected chi connectivity index (χ2v) is 9.37. The second kappa shape index (κ2) is 13.6. The highest BCUT2D eigenvalue weighted by molar-refractivity contribution is 6.32. The highest BCUT2D eigenvalue weighted by atomic mass is 35.5. The van der Waals surface area contributed by atoms with Gasteiger partial charge in [-0.05, 0) is 37.1 Å². The molecule has 3 rings (SSSR count). The largest absolute Gasteiger partial charge is 0.437 e. The van der Waals surface area contributed by atoms with E-state index < -0.39 is 6.10 Å². The monoisotopic (exact) mass is 501 g/mol. The fourth-order valence-corrected chi connectivity index (χ4v) is 3.84. The van der Waals surface area contributed by atoms with Crippen LogP contribution in [0.3, 0.4) is 0 Å². The van der Waals surface area contributed by atoms with Crippen LogP contribution in [0.1, 0.15) is 25.1 Å². The number of nitrogens with zero attached hydrogens (tertiary/aromatic N) is 3. The summed E-state index contributed by atoms with van der Waals surface area (Å²) in [5.41, 5.74) is 2.64. The molecule has 0 radical (unpaired) electrons. The van der Waals surface area contributed by atoms with Crippen LogP contribution >= 0.6 is 11.6 Å². The van der Waals surface area contributed by atoms with Crippen molar-refractivity contribution in [2.75, 3.05) is 40.0 Å². The van der Waals surface area contributed by atoms with E-state index in [0.717, 1.165) is 16.9 Å². The number of halogens is 1. The lowest BCUT2D eigenvalue weighted by Gasteiger charge is -2.25. The van der Waals surface area contributed by atoms with E-state index in [4.69, 9.17) is 30.9 Å². The molecule has 8 heteroatoms. The van der Waals surface area contributed by atoms with E-state index in [2.05, 4.69) is 18.7 Å². The Balaban J connectivity index is 1.90. The number of aromatic nitrogens is 2. The maximum atomic E-state index is 10.6. The number of methoxy groups -OCH3 is 1. The highest BCUT2D eigenvalue weighted by Crippen LogP contribution is 2.34. The molecular formula is C27H36ClN3O4. The number of aliphatic hydroxyl groups is 1. The fourth-order valence-electron chi connectivity index (χ4n) is 3.67. The zero-order valence-electron chi connectivity index (χ0n) is 21.0. The summed E-state index contributed by atoms with van der Waals surface area (Å²) in [7, 11) is 1.67. The summed E-state index contributed by atoms with van der Waals surface area (Å²) >= 11 is 6.42. The first kappa shape index (κ1) is 27.2. The average Bonchev–Trinajstić information content (AvgIpc) is 3.14. The van der Waals surface area contributed by atoms with E-state index in [1.54, 1.807) is 17.9 Å². The number of aryl methyl sites for hydroxylation is 1. The van der Waals surface area contributed by atoms with Gasteiger partial charge in [-0.25, -0.2) is 4.68 Å². The van der Waals surface area contributed by atoms with Crippen LogP contribution in [0, 0.1) is 12.8 Å². The van der Waals surface area contributed by atoms with Crippen LogP contribution in [-0.2, 0) is 16.0 Å². The zero-order valence-corrected chi connectivity index (χ0v) is 21.7. The summed E-state index contributed by atoms with van der Waals surface area (Å²) in [5.74, 6) is 1.57. The van der Waals surface area contributed by atoms with Gasteiger partial charge >= 0.3 is 0 Å². The van der Waals surface area contributed by atoms with Crippen molar-refractivity contribution in [1.82, 2.24) is 14.7 Å². The third-order valence-electron chi connectivity index (χ3n) is 5.41. The molecule has 0 aliphatic rings. The van der Waals surface area contributed by atoms with Crippen molar-refractivity contribution in [3.63, 3.8) is 0 Å². The number of aliphatic hydroxyl groups excluding tert-OH is 1. The Labute approximate surface area is 213 Å². The summed E-state index contributed by atoms with van der Waals surface area (Å²) in [6.45, 7) is 9.17. The third kappa shape index (κ3) is 8.05. The van der Waals surface area contributed by atoms with Crippen LogP contribution < -0.4 is 4.74 Å². The van der Waals surface area contributed by atoms with Gasteiger partial charge in [-0.1, -0.05) is 55.8 Å². The fraction of sp³-hybridized carbons (Fsp3) is 0.444. The van der Waals surface area contributed by atoms with Crippen LogP contribution in [0.4, 0.5) is 0 Å². The molecular weight excluding hydrogens is 466 g/mol. The molecule has 3 aromatic rings. The minimum Gasteiger partial charge on any atom is -0.437 e. The maximum absolute atomic E-state index is 10.6. The summed E-state index contributed by atoms with van der Waals surface area (Å²) in [5, 5.41) is 15.9. The predicted molar refractivity (Wildman–Crippen MR) is 139 cm³/mol. The van der Waals surface area contributed by atoms with E-state index in [1.807, 2.05) is 55.5 Å². The van der Waals surface area contributed by atoms with Gasteiger partial charge in [0.05, 0.1) is 41.3 Å². The molecule has 1 aromatic heterocycles. The molecule has 0 unspecified atom stereocenters. The van der Waals surface area contributed by atoms with Crippen molar-refractivity contribution in [3.05, 3.63) is 70.9 Å². The van der Waals surface area contributed by atoms with E-state index in [-0.39, 0.29) is 6.61 Å². The van der Waals surface area contributed by atoms with Crippen molar-refractivity contribution in [3.8, 4) is 17.3 Å². The van der Waals surface area contributed by atoms with Gasteiger partial charge in [0.15, 0.2) is 0 Å². The molecule has 0 aliphatic carbocycles. The van der Waals surface area contributed by atoms with E-state index in [9.17, 15) is 5.11 Å². The van der Waals surface area contributed by atoms with Gasteiger partial charge in [-0.2, -0.15) is 5.10 Å². The first-order valence-electron chi connectivity index (χ1n) is 11.9. The molecule has 35 heavy (non-hydrogen) atoms. The Hall–Kier alpha value is -2.42. The number of benzene rings is 2. The average molecular weight is 502 g/mol. The Bertz CT molecular complexity index is 1040. The lowest BCUT2D eigenvalue weighted by molar-refractivity contribution is 0.00324. The van der Waals surface area contributed by atoms with E-state index >= 15 is 0 Å². The first-order valence-corrected chi connectivity index (χ1v) is 12.3. The molecule has 190 valence electrons. The second-order valence-electron chi connectivity index (χ2n) is 8.96. The van der Waals surface area contributed by atoms with Crippen LogP contribution in [0.2, 0.25) is 5.02 Å². The number of para-hydroxylation sites is 2. The minimum atomic E-state index is -0.622. The smallest absolute Gasteiger partial charge is 0.227 e. The van der Waals surface area contributed by atoms with Crippen LogP contribution in [0.5, 0.6) is 11.6 Å². The summed E-state index contributed by atoms with van der Waals surface area (Å²) in [4.78, 5) is 2.13. The molecule has 2 aromatic carbocycles. The third-order valence-corrected chi connectivity index (χ3v) is 5.72. The molecule has 0 saturated heterocycles. The van der Waals surface area contributed by atoms with Gasteiger partial charge in [-0.15, -0.1) is 0 Å². The minimum absolute atomic E-state index is 0.285. The lowest BCUT2D eigenvalue weighted by atomic mass is 10.2. The van der Waals surface area contributed by atoms with Gasteiger partial charge in [0.2, 0.25) is 5.88 Å². The molecule has 1 N–H and O–H groups in total. The molecule has 0 spiro atoms. The highest BCUT2D eigenvalue weighted by Gasteiger charge is 2.23. The Morgan fingerprint density at radius 2 is 1.77 bits per heavy atom. The lowest BCUT2D eigenvalue weighted by Crippen LogP contribution is -2.37. The van der Waals surface area contributed by atoms with Gasteiger partial charge in [0.1, 0.15) is 5.75 Å². The van der Waals surface area contributed by atoms with Crippen molar-refractivity contribution >= 4 is 11.6 Å². The van der Waals surface area contributed by atoms with Gasteiger partial charge in [0, 0.05) is 33.4 Å². The van der Waals surface area contributed by atoms with Crippen molar-refractivity contribution < 1.29 is 19.3 Å². The molecule has 0 fully saturated rings. The number of ether oxygens (including phenoxy) is 3. The van der Waals surface area contributed by atoms with Crippen LogP contribution in [0.25, 0.3) is 5.69 Å². The predicted octanol–water partition coefficient (Wildman–Crippen LogP) is 5.11. The van der Waals surface area contributed by atoms with Crippen LogP contribution in [0.15, 0.2) is 54.6 Å². The van der Waals surface area contributed by atoms with Crippen molar-refractivity contribution in [2.24, 2.45) is 5.92 Å². The Morgan fingerprint density at radius 3 is 2.46 bits per heavy atom. The Kier molecular flexibility index (Phi) is 10.6. The zero-order chi connectivity index (χ0) is 25.2. The standard InChI is InChI=1S/C27H36ClN3O4/c1-20(2)18-34-19-23(32)16-30(14-15-33-4)17-24-21(3)29-31(22-10-6-5-7-11-22)27(24)35-26-13-9-8-12-25(26)28/h5-13,20,23,32H,14-19H2,1-4H3/t23-/m0/s1. The molecule has 0 aliphatic heterocycles. The first-order chi connectivity index (χ1) is 16.9. The summed E-state index contributed by atoms with van der Waals surface area (Å²) in [6.07, 6.45) is -0.622. The summed E-state index contributed by atoms with van der Waals surface area (Å²) in [6, 6.07) is 17.2. The Morgan fingerprint density at radius 1 is 1.06 bits per heavy atom. The van der Waals surface area contributed by atoms with Gasteiger partial charge in [-0.3, -0.25) is 4.90 Å². The van der Waals surface area contributed by atoms with Gasteiger partial charge < -0.3 is 19.3 Å². The number of rotatable bonds is 14. The van der Waals surface area contributed by atoms with Gasteiger partial charge in [0.25, 0.3) is 0 Å². The molecule has 1 atom stereocenters. The summed E-state index contributed by atoms with van der Waals surface area (Å²) < 4.78 is 19.1. The quantitative estimate of drug-likeness (QED) is 0.331. The number of hydrogen-bond donors (Lipinski definition) is 1. The molecule has 7 nitrogen and oxygen atoms in total. The molecule has 0 saturated carbocycles. The molecule has 1 heterocycles.